The number of nitrogens with one attached hydrogen (secondary N) is 2. The molecule has 0 spiro atoms. The second kappa shape index (κ2) is 12.3. The molecule has 9 nitrogen and oxygen atoms in total. The van der Waals surface area contributed by atoms with Crippen LogP contribution in [0.15, 0.2) is 66.5 Å². The molecule has 0 unspecified atom stereocenters. The summed E-state index contributed by atoms with van der Waals surface area (Å²) in [5.41, 5.74) is 8.17. The highest BCUT2D eigenvalue weighted by Crippen LogP contribution is 2.32. The van der Waals surface area contributed by atoms with E-state index in [4.69, 9.17) is 0 Å². The molecule has 0 amide bonds. The van der Waals surface area contributed by atoms with E-state index in [2.05, 4.69) is 85.2 Å². The van der Waals surface area contributed by atoms with E-state index in [0.29, 0.717) is 17.9 Å². The van der Waals surface area contributed by atoms with Crippen LogP contribution < -0.4 is 15.5 Å². The lowest BCUT2D eigenvalue weighted by Crippen LogP contribution is -2.48. The summed E-state index contributed by atoms with van der Waals surface area (Å²) < 4.78 is 1.13. The summed E-state index contributed by atoms with van der Waals surface area (Å²) >= 11 is 1.62. The van der Waals surface area contributed by atoms with Crippen molar-refractivity contribution < 1.29 is 4.79 Å². The molecule has 1 saturated heterocycles. The number of aromatic nitrogens is 3. The first kappa shape index (κ1) is 26.7. The van der Waals surface area contributed by atoms with Crippen LogP contribution in [0, 0.1) is 0 Å². The number of anilines is 4. The minimum Gasteiger partial charge on any atom is -0.379 e. The van der Waals surface area contributed by atoms with Gasteiger partial charge in [0.1, 0.15) is 18.4 Å². The van der Waals surface area contributed by atoms with Gasteiger partial charge in [0.05, 0.1) is 32.8 Å². The van der Waals surface area contributed by atoms with Gasteiger partial charge in [-0.1, -0.05) is 12.6 Å². The second-order valence-corrected chi connectivity index (χ2v) is 10.8. The Morgan fingerprint density at radius 3 is 2.72 bits per heavy atom. The molecule has 3 heterocycles. The lowest BCUT2D eigenvalue weighted by Gasteiger charge is -2.37. The SMILES string of the molecule is C=C(C=O)CNc1cc(Nc2cc(-c3ccc4ncsc4c3)ncn2)ccc1N1CCN(CCN(C)C)CC1. The molecule has 5 rings (SSSR count). The van der Waals surface area contributed by atoms with E-state index in [9.17, 15) is 4.79 Å². The normalized spacial score (nSPS) is 14.1. The van der Waals surface area contributed by atoms with Crippen LogP contribution in [0.2, 0.25) is 0 Å². The standard InChI is InChI=1S/C29H34N8OS/c1-21(18-38)17-30-26-15-23(5-7-27(26)37-12-10-36(11-13-37)9-8-35(2)3)34-29-16-25(31-19-32-29)22-4-6-24-28(14-22)39-20-33-24/h4-7,14-16,18-20,30H,1,8-13,17H2,2-3H3,(H,31,32,34). The number of carbonyl (C=O) groups excluding carboxylic acids is 1. The molecule has 0 atom stereocenters. The first-order chi connectivity index (χ1) is 19.0. The molecule has 1 aliphatic heterocycles. The minimum atomic E-state index is 0.389. The molecule has 39 heavy (non-hydrogen) atoms. The fraction of sp³-hybridized carbons (Fsp3) is 0.310. The molecule has 2 aromatic heterocycles. The molecule has 202 valence electrons. The first-order valence-corrected chi connectivity index (χ1v) is 13.9. The molecular formula is C29H34N8OS. The number of fused-ring (bicyclic) bond motifs is 1. The number of carbonyl (C=O) groups is 1. The fourth-order valence-corrected chi connectivity index (χ4v) is 5.30. The Bertz CT molecular complexity index is 1440. The number of aldehydes is 1. The number of piperazine rings is 1. The highest BCUT2D eigenvalue weighted by molar-refractivity contribution is 7.16. The lowest BCUT2D eigenvalue weighted by atomic mass is 10.1. The quantitative estimate of drug-likeness (QED) is 0.212. The number of hydrogen-bond acceptors (Lipinski definition) is 10. The van der Waals surface area contributed by atoms with Crippen LogP contribution in [0.4, 0.5) is 22.9 Å². The molecule has 2 aromatic carbocycles. The van der Waals surface area contributed by atoms with Gasteiger partial charge in [0, 0.05) is 68.7 Å². The third-order valence-corrected chi connectivity index (χ3v) is 7.60. The van der Waals surface area contributed by atoms with Crippen molar-refractivity contribution in [3.8, 4) is 11.3 Å². The van der Waals surface area contributed by atoms with Crippen LogP contribution in [0.1, 0.15) is 0 Å². The van der Waals surface area contributed by atoms with Gasteiger partial charge in [-0.25, -0.2) is 15.0 Å². The van der Waals surface area contributed by atoms with Crippen molar-refractivity contribution in [2.24, 2.45) is 0 Å². The third kappa shape index (κ3) is 6.78. The molecule has 2 N–H and O–H groups in total. The summed E-state index contributed by atoms with van der Waals surface area (Å²) in [6.45, 7) is 10.3. The molecule has 10 heteroatoms. The molecular weight excluding hydrogens is 508 g/mol. The van der Waals surface area contributed by atoms with Gasteiger partial charge in [0.15, 0.2) is 0 Å². The summed E-state index contributed by atoms with van der Waals surface area (Å²) in [6, 6.07) is 14.4. The van der Waals surface area contributed by atoms with Gasteiger partial charge < -0.3 is 20.4 Å². The van der Waals surface area contributed by atoms with Crippen molar-refractivity contribution in [3.63, 3.8) is 0 Å². The average molecular weight is 543 g/mol. The fourth-order valence-electron chi connectivity index (χ4n) is 4.58. The van der Waals surface area contributed by atoms with Crippen LogP contribution in [0.5, 0.6) is 0 Å². The van der Waals surface area contributed by atoms with Crippen molar-refractivity contribution in [1.29, 1.82) is 0 Å². The van der Waals surface area contributed by atoms with Gasteiger partial charge in [-0.05, 0) is 44.4 Å². The van der Waals surface area contributed by atoms with Crippen molar-refractivity contribution in [1.82, 2.24) is 24.8 Å². The van der Waals surface area contributed by atoms with E-state index in [0.717, 1.165) is 84.1 Å². The molecule has 1 aliphatic rings. The monoisotopic (exact) mass is 542 g/mol. The van der Waals surface area contributed by atoms with Crippen LogP contribution in [0.3, 0.4) is 0 Å². The number of hydrogen-bond donors (Lipinski definition) is 2. The molecule has 4 aromatic rings. The van der Waals surface area contributed by atoms with Gasteiger partial charge in [-0.3, -0.25) is 9.69 Å². The molecule has 0 saturated carbocycles. The number of likely N-dealkylation sites (N-methyl/N-ethyl adjacent to an activating group) is 1. The van der Waals surface area contributed by atoms with Crippen molar-refractivity contribution in [2.45, 2.75) is 0 Å². The topological polar surface area (TPSA) is 89.5 Å². The minimum absolute atomic E-state index is 0.389. The Morgan fingerprint density at radius 2 is 1.92 bits per heavy atom. The van der Waals surface area contributed by atoms with E-state index < -0.39 is 0 Å². The van der Waals surface area contributed by atoms with E-state index in [-0.39, 0.29) is 0 Å². The van der Waals surface area contributed by atoms with Gasteiger partial charge in [-0.2, -0.15) is 0 Å². The van der Waals surface area contributed by atoms with Crippen LogP contribution >= 0.6 is 11.3 Å². The van der Waals surface area contributed by atoms with Crippen molar-refractivity contribution in [3.05, 3.63) is 66.5 Å². The third-order valence-electron chi connectivity index (χ3n) is 6.81. The molecule has 0 aliphatic carbocycles. The van der Waals surface area contributed by atoms with Gasteiger partial charge in [0.25, 0.3) is 0 Å². The number of benzene rings is 2. The van der Waals surface area contributed by atoms with E-state index in [1.807, 2.05) is 23.7 Å². The number of thiazole rings is 1. The van der Waals surface area contributed by atoms with Crippen molar-refractivity contribution in [2.75, 3.05) is 75.4 Å². The summed E-state index contributed by atoms with van der Waals surface area (Å²) in [4.78, 5) is 31.6. The number of nitrogens with zero attached hydrogens (tertiary/aromatic N) is 6. The summed E-state index contributed by atoms with van der Waals surface area (Å²) in [5.74, 6) is 0.704. The van der Waals surface area contributed by atoms with Crippen LogP contribution in [-0.4, -0.2) is 90.9 Å². The summed E-state index contributed by atoms with van der Waals surface area (Å²) in [7, 11) is 4.22. The average Bonchev–Trinajstić information content (AvgIpc) is 3.43. The Hall–Kier alpha value is -3.86. The largest absolute Gasteiger partial charge is 0.379 e. The predicted molar refractivity (Wildman–Crippen MR) is 161 cm³/mol. The second-order valence-electron chi connectivity index (χ2n) is 9.94. The van der Waals surface area contributed by atoms with E-state index in [1.54, 1.807) is 17.7 Å². The lowest BCUT2D eigenvalue weighted by molar-refractivity contribution is -0.104. The van der Waals surface area contributed by atoms with Crippen LogP contribution in [-0.2, 0) is 4.79 Å². The first-order valence-electron chi connectivity index (χ1n) is 13.0. The van der Waals surface area contributed by atoms with Crippen LogP contribution in [0.25, 0.3) is 21.5 Å². The zero-order valence-corrected chi connectivity index (χ0v) is 23.2. The Kier molecular flexibility index (Phi) is 8.45. The highest BCUT2D eigenvalue weighted by atomic mass is 32.1. The highest BCUT2D eigenvalue weighted by Gasteiger charge is 2.20. The smallest absolute Gasteiger partial charge is 0.147 e. The van der Waals surface area contributed by atoms with Gasteiger partial charge >= 0.3 is 0 Å². The molecule has 0 radical (unpaired) electrons. The van der Waals surface area contributed by atoms with E-state index >= 15 is 0 Å². The van der Waals surface area contributed by atoms with Crippen molar-refractivity contribution >= 4 is 50.7 Å². The maximum absolute atomic E-state index is 11.2. The van der Waals surface area contributed by atoms with Gasteiger partial charge in [-0.15, -0.1) is 11.3 Å². The van der Waals surface area contributed by atoms with E-state index in [1.165, 1.54) is 0 Å². The summed E-state index contributed by atoms with van der Waals surface area (Å²) in [6.07, 6.45) is 2.37. The Labute approximate surface area is 233 Å². The Morgan fingerprint density at radius 1 is 1.08 bits per heavy atom. The molecule has 0 bridgehead atoms. The maximum atomic E-state index is 11.2. The Balaban J connectivity index is 1.33. The zero-order valence-electron chi connectivity index (χ0n) is 22.4. The van der Waals surface area contributed by atoms with Gasteiger partial charge in [0.2, 0.25) is 0 Å². The predicted octanol–water partition coefficient (Wildman–Crippen LogP) is 4.35. The zero-order chi connectivity index (χ0) is 27.2. The maximum Gasteiger partial charge on any atom is 0.147 e. The number of rotatable bonds is 11. The summed E-state index contributed by atoms with van der Waals surface area (Å²) in [5, 5.41) is 6.85. The molecule has 1 fully saturated rings.